The number of nitrogens with one attached hydrogen (secondary N) is 1. The first-order chi connectivity index (χ1) is 10.1. The summed E-state index contributed by atoms with van der Waals surface area (Å²) in [4.78, 5) is 12.3. The van der Waals surface area contributed by atoms with E-state index in [9.17, 15) is 4.79 Å². The van der Waals surface area contributed by atoms with Crippen LogP contribution in [0.4, 0.5) is 0 Å². The molecule has 0 spiro atoms. The second kappa shape index (κ2) is 5.86. The van der Waals surface area contributed by atoms with E-state index >= 15 is 0 Å². The van der Waals surface area contributed by atoms with Crippen LogP contribution in [-0.2, 0) is 4.79 Å². The van der Waals surface area contributed by atoms with Crippen LogP contribution in [0, 0.1) is 5.92 Å². The molecule has 0 saturated heterocycles. The van der Waals surface area contributed by atoms with Gasteiger partial charge in [-0.25, -0.2) is 0 Å². The van der Waals surface area contributed by atoms with E-state index in [-0.39, 0.29) is 17.9 Å². The fraction of sp³-hybridized carbons (Fsp3) is 0.389. The highest BCUT2D eigenvalue weighted by Gasteiger charge is 2.28. The Hall–Kier alpha value is -1.87. The molecule has 0 bridgehead atoms. The molecule has 2 atom stereocenters. The van der Waals surface area contributed by atoms with Gasteiger partial charge in [0.1, 0.15) is 0 Å². The van der Waals surface area contributed by atoms with Gasteiger partial charge in [0.15, 0.2) is 0 Å². The fourth-order valence-corrected chi connectivity index (χ4v) is 2.69. The molecule has 1 saturated carbocycles. The highest BCUT2D eigenvalue weighted by molar-refractivity contribution is 5.87. The predicted octanol–water partition coefficient (Wildman–Crippen LogP) is 2.80. The van der Waals surface area contributed by atoms with Crippen molar-refractivity contribution in [1.29, 1.82) is 0 Å². The molecular formula is C18H22N2O. The SMILES string of the molecule is CC(C(=O)NCC(N)C1CC1)c1ccc2ccccc2c1. The summed E-state index contributed by atoms with van der Waals surface area (Å²) in [5.41, 5.74) is 7.07. The third-order valence-electron chi connectivity index (χ3n) is 4.41. The molecule has 1 amide bonds. The van der Waals surface area contributed by atoms with Gasteiger partial charge < -0.3 is 11.1 Å². The third kappa shape index (κ3) is 3.24. The van der Waals surface area contributed by atoms with Gasteiger partial charge in [0.05, 0.1) is 5.92 Å². The quantitative estimate of drug-likeness (QED) is 0.886. The second-order valence-electron chi connectivity index (χ2n) is 6.07. The Morgan fingerprint density at radius 3 is 2.67 bits per heavy atom. The Labute approximate surface area is 125 Å². The van der Waals surface area contributed by atoms with Crippen molar-refractivity contribution in [1.82, 2.24) is 5.32 Å². The van der Waals surface area contributed by atoms with Gasteiger partial charge in [-0.15, -0.1) is 0 Å². The lowest BCUT2D eigenvalue weighted by Crippen LogP contribution is -2.40. The molecule has 3 heteroatoms. The number of nitrogens with two attached hydrogens (primary N) is 1. The average molecular weight is 282 g/mol. The maximum atomic E-state index is 12.3. The summed E-state index contributed by atoms with van der Waals surface area (Å²) < 4.78 is 0. The molecule has 110 valence electrons. The molecule has 0 heterocycles. The number of rotatable bonds is 5. The van der Waals surface area contributed by atoms with Crippen LogP contribution in [0.15, 0.2) is 42.5 Å². The van der Waals surface area contributed by atoms with E-state index in [0.29, 0.717) is 12.5 Å². The summed E-state index contributed by atoms with van der Waals surface area (Å²) in [5.74, 6) is 0.517. The molecule has 21 heavy (non-hydrogen) atoms. The van der Waals surface area contributed by atoms with Gasteiger partial charge in [0.25, 0.3) is 0 Å². The Bertz CT molecular complexity index is 648. The highest BCUT2D eigenvalue weighted by atomic mass is 16.1. The first-order valence-corrected chi connectivity index (χ1v) is 7.67. The summed E-state index contributed by atoms with van der Waals surface area (Å²) in [6.45, 7) is 2.53. The molecule has 3 N–H and O–H groups in total. The van der Waals surface area contributed by atoms with Crippen LogP contribution >= 0.6 is 0 Å². The molecule has 2 aromatic rings. The van der Waals surface area contributed by atoms with Gasteiger partial charge in [0, 0.05) is 12.6 Å². The molecule has 2 unspecified atom stereocenters. The van der Waals surface area contributed by atoms with E-state index in [1.54, 1.807) is 0 Å². The molecule has 2 aromatic carbocycles. The van der Waals surface area contributed by atoms with Crippen molar-refractivity contribution in [3.8, 4) is 0 Å². The van der Waals surface area contributed by atoms with Crippen molar-refractivity contribution in [3.63, 3.8) is 0 Å². The molecule has 3 rings (SSSR count). The number of hydrogen-bond donors (Lipinski definition) is 2. The first kappa shape index (κ1) is 14.1. The minimum Gasteiger partial charge on any atom is -0.354 e. The zero-order chi connectivity index (χ0) is 14.8. The molecule has 1 aliphatic rings. The maximum Gasteiger partial charge on any atom is 0.227 e. The van der Waals surface area contributed by atoms with Crippen LogP contribution in [0.5, 0.6) is 0 Å². The van der Waals surface area contributed by atoms with E-state index in [1.165, 1.54) is 23.6 Å². The minimum atomic E-state index is -0.152. The molecular weight excluding hydrogens is 260 g/mol. The molecule has 0 aromatic heterocycles. The standard InChI is InChI=1S/C18H22N2O/c1-12(18(21)20-11-17(19)14-7-8-14)15-9-6-13-4-2-3-5-16(13)10-15/h2-6,9-10,12,14,17H,7-8,11,19H2,1H3,(H,20,21). The number of hydrogen-bond acceptors (Lipinski definition) is 2. The molecule has 1 aliphatic carbocycles. The summed E-state index contributed by atoms with van der Waals surface area (Å²) >= 11 is 0. The lowest BCUT2D eigenvalue weighted by molar-refractivity contribution is -0.122. The monoisotopic (exact) mass is 282 g/mol. The fourth-order valence-electron chi connectivity index (χ4n) is 2.69. The lowest BCUT2D eigenvalue weighted by atomic mass is 9.97. The highest BCUT2D eigenvalue weighted by Crippen LogP contribution is 2.31. The lowest BCUT2D eigenvalue weighted by Gasteiger charge is -2.16. The Morgan fingerprint density at radius 1 is 1.24 bits per heavy atom. The maximum absolute atomic E-state index is 12.3. The van der Waals surface area contributed by atoms with Crippen molar-refractivity contribution >= 4 is 16.7 Å². The summed E-state index contributed by atoms with van der Waals surface area (Å²) in [6, 6.07) is 14.5. The van der Waals surface area contributed by atoms with Crippen LogP contribution in [0.1, 0.15) is 31.2 Å². The van der Waals surface area contributed by atoms with Crippen molar-refractivity contribution < 1.29 is 4.79 Å². The van der Waals surface area contributed by atoms with E-state index in [2.05, 4.69) is 29.6 Å². The number of carbonyl (C=O) groups is 1. The first-order valence-electron chi connectivity index (χ1n) is 7.67. The smallest absolute Gasteiger partial charge is 0.227 e. The zero-order valence-electron chi connectivity index (χ0n) is 12.4. The zero-order valence-corrected chi connectivity index (χ0v) is 12.4. The van der Waals surface area contributed by atoms with Crippen LogP contribution in [0.3, 0.4) is 0 Å². The van der Waals surface area contributed by atoms with E-state index in [0.717, 1.165) is 5.56 Å². The van der Waals surface area contributed by atoms with Gasteiger partial charge in [0.2, 0.25) is 5.91 Å². The predicted molar refractivity (Wildman–Crippen MR) is 86.1 cm³/mol. The van der Waals surface area contributed by atoms with E-state index in [4.69, 9.17) is 5.73 Å². The van der Waals surface area contributed by atoms with Crippen molar-refractivity contribution in [2.45, 2.75) is 31.7 Å². The average Bonchev–Trinajstić information content (AvgIpc) is 3.36. The number of amides is 1. The Balaban J connectivity index is 1.67. The van der Waals surface area contributed by atoms with Crippen molar-refractivity contribution in [3.05, 3.63) is 48.0 Å². The van der Waals surface area contributed by atoms with Crippen molar-refractivity contribution in [2.24, 2.45) is 11.7 Å². The summed E-state index contributed by atoms with van der Waals surface area (Å²) in [5, 5.41) is 5.36. The largest absolute Gasteiger partial charge is 0.354 e. The normalized spacial score (nSPS) is 17.4. The topological polar surface area (TPSA) is 55.1 Å². The molecule has 0 radical (unpaired) electrons. The van der Waals surface area contributed by atoms with Crippen LogP contribution < -0.4 is 11.1 Å². The summed E-state index contributed by atoms with van der Waals surface area (Å²) in [6.07, 6.45) is 2.41. The number of carbonyl (C=O) groups excluding carboxylic acids is 1. The Kier molecular flexibility index (Phi) is 3.93. The third-order valence-corrected chi connectivity index (χ3v) is 4.41. The molecule has 0 aliphatic heterocycles. The van der Waals surface area contributed by atoms with Crippen LogP contribution in [0.2, 0.25) is 0 Å². The summed E-state index contributed by atoms with van der Waals surface area (Å²) in [7, 11) is 0. The molecule has 3 nitrogen and oxygen atoms in total. The number of fused-ring (bicyclic) bond motifs is 1. The van der Waals surface area contributed by atoms with Crippen LogP contribution in [0.25, 0.3) is 10.8 Å². The van der Waals surface area contributed by atoms with Gasteiger partial charge in [-0.2, -0.15) is 0 Å². The van der Waals surface area contributed by atoms with Crippen molar-refractivity contribution in [2.75, 3.05) is 6.54 Å². The van der Waals surface area contributed by atoms with E-state index in [1.807, 2.05) is 25.1 Å². The minimum absolute atomic E-state index is 0.0568. The van der Waals surface area contributed by atoms with E-state index < -0.39 is 0 Å². The van der Waals surface area contributed by atoms with Crippen LogP contribution in [-0.4, -0.2) is 18.5 Å². The number of benzene rings is 2. The van der Waals surface area contributed by atoms with Gasteiger partial charge in [-0.1, -0.05) is 42.5 Å². The van der Waals surface area contributed by atoms with Gasteiger partial charge in [-0.3, -0.25) is 4.79 Å². The molecule has 1 fully saturated rings. The van der Waals surface area contributed by atoms with Gasteiger partial charge >= 0.3 is 0 Å². The van der Waals surface area contributed by atoms with Gasteiger partial charge in [-0.05, 0) is 42.0 Å². The Morgan fingerprint density at radius 2 is 1.95 bits per heavy atom. The second-order valence-corrected chi connectivity index (χ2v) is 6.07.